The minimum absolute atomic E-state index is 0.226. The molecular formula is C8H13NS2. The Morgan fingerprint density at radius 1 is 1.64 bits per heavy atom. The van der Waals surface area contributed by atoms with Crippen molar-refractivity contribution >= 4 is 23.1 Å². The maximum atomic E-state index is 5.91. The molecule has 62 valence electrons. The molecule has 11 heavy (non-hydrogen) atoms. The van der Waals surface area contributed by atoms with Gasteiger partial charge in [-0.2, -0.15) is 11.8 Å². The van der Waals surface area contributed by atoms with Gasteiger partial charge in [0, 0.05) is 21.5 Å². The Balaban J connectivity index is 2.60. The fraction of sp³-hybridized carbons (Fsp3) is 0.500. The zero-order valence-electron chi connectivity index (χ0n) is 6.83. The molecule has 0 fully saturated rings. The van der Waals surface area contributed by atoms with Gasteiger partial charge in [0.1, 0.15) is 0 Å². The number of rotatable bonds is 3. The van der Waals surface area contributed by atoms with E-state index in [4.69, 9.17) is 5.73 Å². The first kappa shape index (κ1) is 9.10. The smallest absolute Gasteiger partial charge is 0.0481 e. The average Bonchev–Trinajstić information content (AvgIpc) is 2.36. The zero-order valence-corrected chi connectivity index (χ0v) is 8.47. The summed E-state index contributed by atoms with van der Waals surface area (Å²) in [4.78, 5) is 2.65. The molecule has 0 saturated carbocycles. The summed E-state index contributed by atoms with van der Waals surface area (Å²) in [6.07, 6.45) is 2.08. The van der Waals surface area contributed by atoms with Gasteiger partial charge in [-0.25, -0.2) is 0 Å². The summed E-state index contributed by atoms with van der Waals surface area (Å²) in [6.45, 7) is 2.11. The van der Waals surface area contributed by atoms with Crippen LogP contribution in [0, 0.1) is 6.92 Å². The van der Waals surface area contributed by atoms with Gasteiger partial charge in [-0.05, 0) is 25.3 Å². The number of aryl methyl sites for hydroxylation is 1. The summed E-state index contributed by atoms with van der Waals surface area (Å²) < 4.78 is 0. The highest BCUT2D eigenvalue weighted by Gasteiger charge is 2.05. The lowest BCUT2D eigenvalue weighted by molar-refractivity contribution is 0.853. The second-order valence-corrected chi connectivity index (χ2v) is 4.74. The Morgan fingerprint density at radius 2 is 2.36 bits per heavy atom. The van der Waals surface area contributed by atoms with Gasteiger partial charge in [0.15, 0.2) is 0 Å². The Bertz CT molecular complexity index is 220. The summed E-state index contributed by atoms with van der Waals surface area (Å²) >= 11 is 3.59. The second kappa shape index (κ2) is 4.14. The molecule has 1 aromatic heterocycles. The quantitative estimate of drug-likeness (QED) is 0.786. The van der Waals surface area contributed by atoms with E-state index in [1.165, 1.54) is 9.75 Å². The van der Waals surface area contributed by atoms with E-state index in [2.05, 4.69) is 25.3 Å². The lowest BCUT2D eigenvalue weighted by atomic mass is 10.3. The number of thiophene rings is 1. The molecule has 1 aromatic rings. The molecule has 1 atom stereocenters. The van der Waals surface area contributed by atoms with Gasteiger partial charge in [0.25, 0.3) is 0 Å². The molecule has 1 nitrogen and oxygen atoms in total. The van der Waals surface area contributed by atoms with Crippen LogP contribution >= 0.6 is 23.1 Å². The standard InChI is InChI=1S/C8H13NS2/c1-6-3-4-8(11-6)7(9)5-10-2/h3-4,7H,5,9H2,1-2H3. The van der Waals surface area contributed by atoms with Crippen molar-refractivity contribution in [3.05, 3.63) is 21.9 Å². The molecule has 3 heteroatoms. The predicted octanol–water partition coefficient (Wildman–Crippen LogP) is 2.42. The van der Waals surface area contributed by atoms with Gasteiger partial charge in [0.05, 0.1) is 0 Å². The van der Waals surface area contributed by atoms with Gasteiger partial charge in [-0.15, -0.1) is 11.3 Å². The highest BCUT2D eigenvalue weighted by atomic mass is 32.2. The molecule has 0 aliphatic heterocycles. The fourth-order valence-electron chi connectivity index (χ4n) is 0.914. The molecule has 0 aliphatic carbocycles. The minimum Gasteiger partial charge on any atom is -0.323 e. The van der Waals surface area contributed by atoms with Crippen LogP contribution in [0.15, 0.2) is 12.1 Å². The number of nitrogens with two attached hydrogens (primary N) is 1. The molecule has 0 radical (unpaired) electrons. The molecule has 0 amide bonds. The molecule has 1 rings (SSSR count). The van der Waals surface area contributed by atoms with Crippen molar-refractivity contribution in [2.24, 2.45) is 5.73 Å². The van der Waals surface area contributed by atoms with Gasteiger partial charge in [0.2, 0.25) is 0 Å². The van der Waals surface area contributed by atoms with E-state index in [9.17, 15) is 0 Å². The first-order chi connectivity index (χ1) is 5.24. The van der Waals surface area contributed by atoms with E-state index in [-0.39, 0.29) is 6.04 Å². The van der Waals surface area contributed by atoms with Crippen molar-refractivity contribution in [2.45, 2.75) is 13.0 Å². The zero-order chi connectivity index (χ0) is 8.27. The lowest BCUT2D eigenvalue weighted by Crippen LogP contribution is -2.10. The van der Waals surface area contributed by atoms with E-state index in [1.807, 2.05) is 0 Å². The van der Waals surface area contributed by atoms with Gasteiger partial charge in [-0.1, -0.05) is 0 Å². The molecule has 0 bridgehead atoms. The second-order valence-electron chi connectivity index (χ2n) is 2.51. The fourth-order valence-corrected chi connectivity index (χ4v) is 2.44. The van der Waals surface area contributed by atoms with Crippen LogP contribution < -0.4 is 5.73 Å². The molecule has 1 heterocycles. The molecule has 1 unspecified atom stereocenters. The lowest BCUT2D eigenvalue weighted by Gasteiger charge is -2.05. The molecule has 0 aromatic carbocycles. The third-order valence-electron chi connectivity index (χ3n) is 1.47. The molecular weight excluding hydrogens is 174 g/mol. The van der Waals surface area contributed by atoms with E-state index >= 15 is 0 Å². The molecule has 0 saturated heterocycles. The number of thioether (sulfide) groups is 1. The topological polar surface area (TPSA) is 26.0 Å². The summed E-state index contributed by atoms with van der Waals surface area (Å²) in [5, 5.41) is 0. The number of hydrogen-bond donors (Lipinski definition) is 1. The molecule has 2 N–H and O–H groups in total. The molecule has 0 aliphatic rings. The van der Waals surface area contributed by atoms with Crippen molar-refractivity contribution in [2.75, 3.05) is 12.0 Å². The minimum atomic E-state index is 0.226. The van der Waals surface area contributed by atoms with Gasteiger partial charge >= 0.3 is 0 Å². The van der Waals surface area contributed by atoms with Gasteiger partial charge in [-0.3, -0.25) is 0 Å². The first-order valence-electron chi connectivity index (χ1n) is 3.55. The van der Waals surface area contributed by atoms with Crippen LogP contribution in [0.4, 0.5) is 0 Å². The maximum Gasteiger partial charge on any atom is 0.0481 e. The van der Waals surface area contributed by atoms with Crippen molar-refractivity contribution in [3.63, 3.8) is 0 Å². The van der Waals surface area contributed by atoms with Crippen LogP contribution in [0.25, 0.3) is 0 Å². The van der Waals surface area contributed by atoms with Crippen molar-refractivity contribution in [3.8, 4) is 0 Å². The summed E-state index contributed by atoms with van der Waals surface area (Å²) in [6, 6.07) is 4.48. The normalized spacial score (nSPS) is 13.4. The van der Waals surface area contributed by atoms with Crippen molar-refractivity contribution < 1.29 is 0 Å². The summed E-state index contributed by atoms with van der Waals surface area (Å²) in [7, 11) is 0. The number of hydrogen-bond acceptors (Lipinski definition) is 3. The van der Waals surface area contributed by atoms with Crippen LogP contribution in [-0.2, 0) is 0 Å². The highest BCUT2D eigenvalue weighted by Crippen LogP contribution is 2.22. The Morgan fingerprint density at radius 3 is 2.82 bits per heavy atom. The summed E-state index contributed by atoms with van der Waals surface area (Å²) in [5.74, 6) is 1.01. The van der Waals surface area contributed by atoms with E-state index in [0.29, 0.717) is 0 Å². The van der Waals surface area contributed by atoms with Crippen LogP contribution in [0.1, 0.15) is 15.8 Å². The van der Waals surface area contributed by atoms with Gasteiger partial charge < -0.3 is 5.73 Å². The highest BCUT2D eigenvalue weighted by molar-refractivity contribution is 7.98. The van der Waals surface area contributed by atoms with E-state index in [0.717, 1.165) is 5.75 Å². The van der Waals surface area contributed by atoms with Crippen molar-refractivity contribution in [1.82, 2.24) is 0 Å². The SMILES string of the molecule is CSCC(N)c1ccc(C)s1. The Hall–Kier alpha value is 0.01000. The maximum absolute atomic E-state index is 5.91. The monoisotopic (exact) mass is 187 g/mol. The van der Waals surface area contributed by atoms with Crippen LogP contribution in [0.5, 0.6) is 0 Å². The Kier molecular flexibility index (Phi) is 3.43. The third-order valence-corrected chi connectivity index (χ3v) is 3.30. The first-order valence-corrected chi connectivity index (χ1v) is 5.76. The van der Waals surface area contributed by atoms with Crippen LogP contribution in [0.3, 0.4) is 0 Å². The largest absolute Gasteiger partial charge is 0.323 e. The third kappa shape index (κ3) is 2.51. The predicted molar refractivity (Wildman–Crippen MR) is 54.4 cm³/mol. The van der Waals surface area contributed by atoms with Crippen LogP contribution in [0.2, 0.25) is 0 Å². The average molecular weight is 187 g/mol. The van der Waals surface area contributed by atoms with E-state index < -0.39 is 0 Å². The Labute approximate surface area is 76.0 Å². The van der Waals surface area contributed by atoms with Crippen LogP contribution in [-0.4, -0.2) is 12.0 Å². The van der Waals surface area contributed by atoms with Crippen molar-refractivity contribution in [1.29, 1.82) is 0 Å². The summed E-state index contributed by atoms with van der Waals surface area (Å²) in [5.41, 5.74) is 5.91. The molecule has 0 spiro atoms. The van der Waals surface area contributed by atoms with E-state index in [1.54, 1.807) is 23.1 Å².